The molecule has 25 heavy (non-hydrogen) atoms. The molecule has 9 heteroatoms. The van der Waals surface area contributed by atoms with Crippen LogP contribution in [0.5, 0.6) is 0 Å². The van der Waals surface area contributed by atoms with E-state index in [-0.39, 0.29) is 17.9 Å². The predicted molar refractivity (Wildman–Crippen MR) is 90.6 cm³/mol. The molecule has 0 radical (unpaired) electrons. The molecule has 0 bridgehead atoms. The fourth-order valence-corrected chi connectivity index (χ4v) is 2.38. The van der Waals surface area contributed by atoms with Crippen LogP contribution < -0.4 is 16.0 Å². The maximum Gasteiger partial charge on any atom is 0.408 e. The molecule has 0 aromatic heterocycles. The van der Waals surface area contributed by atoms with Crippen molar-refractivity contribution in [2.75, 3.05) is 7.05 Å². The highest BCUT2D eigenvalue weighted by Crippen LogP contribution is 2.29. The largest absolute Gasteiger partial charge is 0.444 e. The van der Waals surface area contributed by atoms with Crippen LogP contribution in [0.4, 0.5) is 4.79 Å². The third-order valence-electron chi connectivity index (χ3n) is 3.73. The number of likely N-dealkylation sites (N-methyl/N-ethyl adjacent to an activating group) is 1. The number of hydrogen-bond acceptors (Lipinski definition) is 5. The zero-order valence-corrected chi connectivity index (χ0v) is 15.8. The SMILES string of the molecule is CNC(=O)[C@H](C)NC(=O)[C@@H]1[C@H](C)N1C(=O)[C@H](C)NC(=O)OC(C)(C)C. The van der Waals surface area contributed by atoms with Gasteiger partial charge in [0.25, 0.3) is 0 Å². The van der Waals surface area contributed by atoms with Gasteiger partial charge in [-0.1, -0.05) is 0 Å². The van der Waals surface area contributed by atoms with Gasteiger partial charge in [-0.2, -0.15) is 0 Å². The van der Waals surface area contributed by atoms with Gasteiger partial charge in [-0.3, -0.25) is 14.4 Å². The molecule has 4 atom stereocenters. The highest BCUT2D eigenvalue weighted by molar-refractivity contribution is 5.98. The number of carbonyl (C=O) groups excluding carboxylic acids is 4. The average molecular weight is 356 g/mol. The molecule has 0 aliphatic carbocycles. The van der Waals surface area contributed by atoms with E-state index in [1.54, 1.807) is 34.6 Å². The van der Waals surface area contributed by atoms with Crippen LogP contribution >= 0.6 is 0 Å². The lowest BCUT2D eigenvalue weighted by molar-refractivity contribution is -0.132. The van der Waals surface area contributed by atoms with Gasteiger partial charge in [0.1, 0.15) is 23.7 Å². The third-order valence-corrected chi connectivity index (χ3v) is 3.73. The second-order valence-electron chi connectivity index (χ2n) is 7.14. The molecule has 0 aromatic rings. The van der Waals surface area contributed by atoms with Gasteiger partial charge in [0.15, 0.2) is 0 Å². The Kier molecular flexibility index (Phi) is 6.39. The Morgan fingerprint density at radius 1 is 1.04 bits per heavy atom. The maximum atomic E-state index is 12.4. The molecule has 0 saturated carbocycles. The molecule has 1 heterocycles. The summed E-state index contributed by atoms with van der Waals surface area (Å²) in [5, 5.41) is 7.46. The second-order valence-corrected chi connectivity index (χ2v) is 7.14. The van der Waals surface area contributed by atoms with Gasteiger partial charge in [-0.25, -0.2) is 4.79 Å². The van der Waals surface area contributed by atoms with Crippen molar-refractivity contribution < 1.29 is 23.9 Å². The van der Waals surface area contributed by atoms with Crippen LogP contribution in [0.25, 0.3) is 0 Å². The average Bonchev–Trinajstić information content (AvgIpc) is 3.14. The second kappa shape index (κ2) is 7.71. The van der Waals surface area contributed by atoms with Crippen molar-refractivity contribution in [3.8, 4) is 0 Å². The first-order valence-electron chi connectivity index (χ1n) is 8.22. The summed E-state index contributed by atoms with van der Waals surface area (Å²) in [5.41, 5.74) is -0.668. The van der Waals surface area contributed by atoms with Gasteiger partial charge in [-0.05, 0) is 41.5 Å². The molecule has 9 nitrogen and oxygen atoms in total. The molecule has 1 aliphatic rings. The van der Waals surface area contributed by atoms with E-state index in [0.717, 1.165) is 0 Å². The Labute approximate surface area is 147 Å². The molecule has 1 fully saturated rings. The van der Waals surface area contributed by atoms with Gasteiger partial charge in [0, 0.05) is 7.05 Å². The summed E-state index contributed by atoms with van der Waals surface area (Å²) in [6.07, 6.45) is -0.697. The van der Waals surface area contributed by atoms with Crippen LogP contribution in [0.3, 0.4) is 0 Å². The first-order chi connectivity index (χ1) is 11.4. The smallest absolute Gasteiger partial charge is 0.408 e. The number of rotatable bonds is 5. The molecular weight excluding hydrogens is 328 g/mol. The zero-order chi connectivity index (χ0) is 19.5. The lowest BCUT2D eigenvalue weighted by Crippen LogP contribution is -2.47. The summed E-state index contributed by atoms with van der Waals surface area (Å²) >= 11 is 0. The van der Waals surface area contributed by atoms with E-state index in [9.17, 15) is 19.2 Å². The molecule has 0 unspecified atom stereocenters. The van der Waals surface area contributed by atoms with E-state index in [2.05, 4.69) is 16.0 Å². The van der Waals surface area contributed by atoms with Crippen LogP contribution in [0.2, 0.25) is 0 Å². The molecular formula is C16H28N4O5. The quantitative estimate of drug-likeness (QED) is 0.587. The first-order valence-corrected chi connectivity index (χ1v) is 8.22. The van der Waals surface area contributed by atoms with E-state index in [0.29, 0.717) is 0 Å². The summed E-state index contributed by atoms with van der Waals surface area (Å²) < 4.78 is 5.11. The van der Waals surface area contributed by atoms with Crippen molar-refractivity contribution in [1.29, 1.82) is 0 Å². The van der Waals surface area contributed by atoms with E-state index in [4.69, 9.17) is 4.74 Å². The van der Waals surface area contributed by atoms with E-state index in [1.165, 1.54) is 18.9 Å². The topological polar surface area (TPSA) is 117 Å². The summed E-state index contributed by atoms with van der Waals surface area (Å²) in [6.45, 7) is 9.98. The number of ether oxygens (including phenoxy) is 1. The molecule has 0 aromatic carbocycles. The standard InChI is InChI=1S/C16H28N4O5/c1-8(12(21)17-7)18-13(22)11-10(3)20(11)14(23)9(2)19-15(24)25-16(4,5)6/h8-11H,1-7H3,(H,17,21)(H,18,22)(H,19,24)/t8-,9-,10-,11-,20?/m0/s1. The number of nitrogens with zero attached hydrogens (tertiary/aromatic N) is 1. The third kappa shape index (κ3) is 5.61. The van der Waals surface area contributed by atoms with Gasteiger partial charge in [0.05, 0.1) is 6.04 Å². The first kappa shape index (κ1) is 20.7. The van der Waals surface area contributed by atoms with Crippen molar-refractivity contribution in [2.45, 2.75) is 71.3 Å². The van der Waals surface area contributed by atoms with E-state index >= 15 is 0 Å². The lowest BCUT2D eigenvalue weighted by atomic mass is 10.2. The monoisotopic (exact) mass is 356 g/mol. The van der Waals surface area contributed by atoms with Crippen LogP contribution in [0.1, 0.15) is 41.5 Å². The minimum Gasteiger partial charge on any atom is -0.444 e. The molecule has 0 spiro atoms. The number of carbonyl (C=O) groups is 4. The summed E-state index contributed by atoms with van der Waals surface area (Å²) in [6, 6.07) is -2.47. The van der Waals surface area contributed by atoms with Crippen molar-refractivity contribution in [3.63, 3.8) is 0 Å². The fourth-order valence-electron chi connectivity index (χ4n) is 2.38. The highest BCUT2D eigenvalue weighted by atomic mass is 16.6. The van der Waals surface area contributed by atoms with Crippen LogP contribution in [0, 0.1) is 0 Å². The normalized spacial score (nSPS) is 21.6. The predicted octanol–water partition coefficient (Wildman–Crippen LogP) is -0.250. The number of alkyl carbamates (subject to hydrolysis) is 1. The van der Waals surface area contributed by atoms with Crippen molar-refractivity contribution >= 4 is 23.8 Å². The van der Waals surface area contributed by atoms with Crippen molar-refractivity contribution in [1.82, 2.24) is 20.9 Å². The summed E-state index contributed by atoms with van der Waals surface area (Å²) in [7, 11) is 1.48. The van der Waals surface area contributed by atoms with Gasteiger partial charge in [0.2, 0.25) is 17.7 Å². The van der Waals surface area contributed by atoms with Crippen LogP contribution in [0.15, 0.2) is 0 Å². The highest BCUT2D eigenvalue weighted by Gasteiger charge is 2.53. The Hall–Kier alpha value is -2.32. The summed E-state index contributed by atoms with van der Waals surface area (Å²) in [4.78, 5) is 49.2. The lowest BCUT2D eigenvalue weighted by Gasteiger charge is -2.21. The van der Waals surface area contributed by atoms with E-state index < -0.39 is 35.7 Å². The number of hydrogen-bond donors (Lipinski definition) is 3. The Morgan fingerprint density at radius 3 is 2.08 bits per heavy atom. The van der Waals surface area contributed by atoms with Crippen molar-refractivity contribution in [2.24, 2.45) is 0 Å². The Morgan fingerprint density at radius 2 is 1.60 bits per heavy atom. The molecule has 142 valence electrons. The molecule has 1 saturated heterocycles. The van der Waals surface area contributed by atoms with Gasteiger partial charge < -0.3 is 25.6 Å². The van der Waals surface area contributed by atoms with Crippen molar-refractivity contribution in [3.05, 3.63) is 0 Å². The molecule has 1 rings (SSSR count). The summed E-state index contributed by atoms with van der Waals surface area (Å²) in [5.74, 6) is -1.10. The number of nitrogens with one attached hydrogen (secondary N) is 3. The van der Waals surface area contributed by atoms with E-state index in [1.807, 2.05) is 0 Å². The van der Waals surface area contributed by atoms with Gasteiger partial charge in [-0.15, -0.1) is 0 Å². The molecule has 1 aliphatic heterocycles. The zero-order valence-electron chi connectivity index (χ0n) is 15.8. The minimum absolute atomic E-state index is 0.299. The van der Waals surface area contributed by atoms with Gasteiger partial charge >= 0.3 is 6.09 Å². The Bertz CT molecular complexity index is 557. The van der Waals surface area contributed by atoms with Crippen LogP contribution in [-0.4, -0.2) is 65.5 Å². The van der Waals surface area contributed by atoms with Crippen LogP contribution in [-0.2, 0) is 19.1 Å². The molecule has 4 amide bonds. The fraction of sp³-hybridized carbons (Fsp3) is 0.750. The molecule has 3 N–H and O–H groups in total. The Balaban J connectivity index is 2.58. The number of amides is 4. The maximum absolute atomic E-state index is 12.4. The minimum atomic E-state index is -0.827.